The molecule has 5 nitrogen and oxygen atoms in total. The standard InChI is InChI=1S/C15H12Br2IN3O2/c16-10-5-9(15(23)13(17)6-10)7-20-21-14(22)8-19-12-3-1-11(18)2-4-12/h1-7,19,23H,8H2,(H,21,22)/b20-7-. The van der Waals surface area contributed by atoms with E-state index in [1.807, 2.05) is 24.3 Å². The zero-order chi connectivity index (χ0) is 16.8. The van der Waals surface area contributed by atoms with Crippen LogP contribution in [0.3, 0.4) is 0 Å². The van der Waals surface area contributed by atoms with Crippen molar-refractivity contribution in [3.05, 3.63) is 54.5 Å². The number of carbonyl (C=O) groups is 1. The van der Waals surface area contributed by atoms with Gasteiger partial charge in [-0.05, 0) is 74.9 Å². The first-order chi connectivity index (χ1) is 11.0. The molecule has 8 heteroatoms. The molecule has 2 aromatic carbocycles. The zero-order valence-electron chi connectivity index (χ0n) is 11.7. The van der Waals surface area contributed by atoms with Crippen LogP contribution in [0.5, 0.6) is 5.75 Å². The number of phenols is 1. The van der Waals surface area contributed by atoms with Gasteiger partial charge in [-0.1, -0.05) is 15.9 Å². The Morgan fingerprint density at radius 3 is 2.65 bits per heavy atom. The summed E-state index contributed by atoms with van der Waals surface area (Å²) >= 11 is 8.77. The van der Waals surface area contributed by atoms with E-state index in [2.05, 4.69) is 70.3 Å². The number of benzene rings is 2. The van der Waals surface area contributed by atoms with E-state index in [4.69, 9.17) is 0 Å². The van der Waals surface area contributed by atoms with E-state index in [1.54, 1.807) is 12.1 Å². The monoisotopic (exact) mass is 551 g/mol. The van der Waals surface area contributed by atoms with Crippen LogP contribution in [0.4, 0.5) is 5.69 Å². The number of halogens is 3. The molecule has 0 atom stereocenters. The summed E-state index contributed by atoms with van der Waals surface area (Å²) < 4.78 is 2.46. The lowest BCUT2D eigenvalue weighted by atomic mass is 10.2. The quantitative estimate of drug-likeness (QED) is 0.297. The van der Waals surface area contributed by atoms with Crippen LogP contribution in [0.15, 0.2) is 50.4 Å². The van der Waals surface area contributed by atoms with E-state index >= 15 is 0 Å². The lowest BCUT2D eigenvalue weighted by molar-refractivity contribution is -0.119. The van der Waals surface area contributed by atoms with Gasteiger partial charge in [0.25, 0.3) is 5.91 Å². The third kappa shape index (κ3) is 5.78. The van der Waals surface area contributed by atoms with Crippen molar-refractivity contribution in [1.82, 2.24) is 5.43 Å². The van der Waals surface area contributed by atoms with Crippen LogP contribution in [-0.2, 0) is 4.79 Å². The van der Waals surface area contributed by atoms with E-state index in [0.717, 1.165) is 13.7 Å². The number of rotatable bonds is 5. The summed E-state index contributed by atoms with van der Waals surface area (Å²) in [5.74, 6) is -0.225. The first kappa shape index (κ1) is 18.2. The van der Waals surface area contributed by atoms with Crippen LogP contribution in [0.1, 0.15) is 5.56 Å². The lowest BCUT2D eigenvalue weighted by Crippen LogP contribution is -2.25. The highest BCUT2D eigenvalue weighted by atomic mass is 127. The maximum atomic E-state index is 11.7. The van der Waals surface area contributed by atoms with Gasteiger partial charge in [-0.3, -0.25) is 4.79 Å². The highest BCUT2D eigenvalue weighted by Crippen LogP contribution is 2.30. The molecule has 3 N–H and O–H groups in total. The lowest BCUT2D eigenvalue weighted by Gasteiger charge is -2.05. The Kier molecular flexibility index (Phi) is 6.85. The van der Waals surface area contributed by atoms with Gasteiger partial charge in [0, 0.05) is 19.3 Å². The van der Waals surface area contributed by atoms with Gasteiger partial charge >= 0.3 is 0 Å². The number of hydrogen-bond acceptors (Lipinski definition) is 4. The van der Waals surface area contributed by atoms with Crippen LogP contribution >= 0.6 is 54.5 Å². The van der Waals surface area contributed by atoms with Gasteiger partial charge in [0.2, 0.25) is 0 Å². The molecule has 0 radical (unpaired) electrons. The number of nitrogens with zero attached hydrogens (tertiary/aromatic N) is 1. The van der Waals surface area contributed by atoms with E-state index in [1.165, 1.54) is 6.21 Å². The maximum absolute atomic E-state index is 11.7. The molecule has 0 saturated heterocycles. The van der Waals surface area contributed by atoms with E-state index < -0.39 is 0 Å². The molecule has 0 heterocycles. The van der Waals surface area contributed by atoms with Gasteiger partial charge in [-0.15, -0.1) is 0 Å². The highest BCUT2D eigenvalue weighted by Gasteiger charge is 2.05. The number of phenolic OH excluding ortho intramolecular Hbond substituents is 1. The van der Waals surface area contributed by atoms with Crippen molar-refractivity contribution in [2.45, 2.75) is 0 Å². The van der Waals surface area contributed by atoms with Crippen LogP contribution in [0, 0.1) is 3.57 Å². The fraction of sp³-hybridized carbons (Fsp3) is 0.0667. The average molecular weight is 553 g/mol. The molecule has 1 amide bonds. The van der Waals surface area contributed by atoms with Gasteiger partial charge < -0.3 is 10.4 Å². The molecule has 2 aromatic rings. The predicted octanol–water partition coefficient (Wildman–Crippen LogP) is 4.08. The number of amides is 1. The Balaban J connectivity index is 1.88. The molecule has 0 aliphatic heterocycles. The maximum Gasteiger partial charge on any atom is 0.259 e. The third-order valence-electron chi connectivity index (χ3n) is 2.75. The van der Waals surface area contributed by atoms with Crippen molar-refractivity contribution < 1.29 is 9.90 Å². The molecule has 2 rings (SSSR count). The molecule has 120 valence electrons. The molecule has 0 spiro atoms. The number of hydrogen-bond donors (Lipinski definition) is 3. The van der Waals surface area contributed by atoms with Gasteiger partial charge in [0.1, 0.15) is 5.75 Å². The number of carbonyl (C=O) groups excluding carboxylic acids is 1. The fourth-order valence-corrected chi connectivity index (χ4v) is 3.27. The second kappa shape index (κ2) is 8.65. The normalized spacial score (nSPS) is 10.7. The Hall–Kier alpha value is -1.13. The van der Waals surface area contributed by atoms with Gasteiger partial charge in [0.05, 0.1) is 17.2 Å². The summed E-state index contributed by atoms with van der Waals surface area (Å²) in [5.41, 5.74) is 3.75. The third-order valence-corrected chi connectivity index (χ3v) is 4.53. The van der Waals surface area contributed by atoms with Crippen molar-refractivity contribution in [2.24, 2.45) is 5.10 Å². The van der Waals surface area contributed by atoms with Crippen molar-refractivity contribution in [3.63, 3.8) is 0 Å². The second-order valence-corrected chi connectivity index (χ2v) is 7.49. The molecule has 0 fully saturated rings. The zero-order valence-corrected chi connectivity index (χ0v) is 17.0. The summed E-state index contributed by atoms with van der Waals surface area (Å²) in [5, 5.41) is 16.7. The molecule has 0 unspecified atom stereocenters. The van der Waals surface area contributed by atoms with Crippen LogP contribution in [0.25, 0.3) is 0 Å². The molecule has 0 aromatic heterocycles. The molecule has 0 saturated carbocycles. The molecule has 0 bridgehead atoms. The minimum absolute atomic E-state index is 0.0585. The predicted molar refractivity (Wildman–Crippen MR) is 107 cm³/mol. The van der Waals surface area contributed by atoms with Gasteiger partial charge in [-0.2, -0.15) is 5.10 Å². The van der Waals surface area contributed by atoms with Crippen molar-refractivity contribution in [2.75, 3.05) is 11.9 Å². The van der Waals surface area contributed by atoms with Crippen LogP contribution in [0.2, 0.25) is 0 Å². The first-order valence-electron chi connectivity index (χ1n) is 6.45. The van der Waals surface area contributed by atoms with E-state index in [9.17, 15) is 9.90 Å². The van der Waals surface area contributed by atoms with E-state index in [-0.39, 0.29) is 18.2 Å². The minimum Gasteiger partial charge on any atom is -0.506 e. The van der Waals surface area contributed by atoms with Gasteiger partial charge in [0.15, 0.2) is 0 Å². The molecule has 23 heavy (non-hydrogen) atoms. The number of hydrazone groups is 1. The summed E-state index contributed by atoms with van der Waals surface area (Å²) in [7, 11) is 0. The molecule has 0 aliphatic carbocycles. The number of anilines is 1. The summed E-state index contributed by atoms with van der Waals surface area (Å²) in [4.78, 5) is 11.7. The van der Waals surface area contributed by atoms with E-state index in [0.29, 0.717) is 10.0 Å². The molecule has 0 aliphatic rings. The second-order valence-electron chi connectivity index (χ2n) is 4.48. The average Bonchev–Trinajstić information content (AvgIpc) is 2.51. The van der Waals surface area contributed by atoms with Crippen LogP contribution in [-0.4, -0.2) is 23.8 Å². The Bertz CT molecular complexity index is 736. The smallest absolute Gasteiger partial charge is 0.259 e. The summed E-state index contributed by atoms with van der Waals surface area (Å²) in [6.07, 6.45) is 1.38. The van der Waals surface area contributed by atoms with Crippen molar-refractivity contribution >= 4 is 72.3 Å². The molecular weight excluding hydrogens is 541 g/mol. The van der Waals surface area contributed by atoms with Crippen molar-refractivity contribution in [1.29, 1.82) is 0 Å². The number of aromatic hydroxyl groups is 1. The Labute approximate surface area is 164 Å². The SMILES string of the molecule is O=C(CNc1ccc(I)cc1)N/N=C\c1cc(Br)cc(Br)c1O. The largest absolute Gasteiger partial charge is 0.506 e. The summed E-state index contributed by atoms with van der Waals surface area (Å²) in [6, 6.07) is 11.1. The highest BCUT2D eigenvalue weighted by molar-refractivity contribution is 14.1. The fourth-order valence-electron chi connectivity index (χ4n) is 1.65. The topological polar surface area (TPSA) is 73.7 Å². The van der Waals surface area contributed by atoms with Crippen molar-refractivity contribution in [3.8, 4) is 5.75 Å². The number of nitrogens with one attached hydrogen (secondary N) is 2. The van der Waals surface area contributed by atoms with Crippen LogP contribution < -0.4 is 10.7 Å². The summed E-state index contributed by atoms with van der Waals surface area (Å²) in [6.45, 7) is 0.103. The minimum atomic E-state index is -0.284. The van der Waals surface area contributed by atoms with Gasteiger partial charge in [-0.25, -0.2) is 5.43 Å². The first-order valence-corrected chi connectivity index (χ1v) is 9.11. The Morgan fingerprint density at radius 2 is 1.96 bits per heavy atom. The molecular formula is C15H12Br2IN3O2. The Morgan fingerprint density at radius 1 is 1.26 bits per heavy atom.